The van der Waals surface area contributed by atoms with Crippen LogP contribution in [0.2, 0.25) is 0 Å². The van der Waals surface area contributed by atoms with Gasteiger partial charge in [0, 0.05) is 26.1 Å². The molecule has 0 heterocycles. The second kappa shape index (κ2) is 24.2. The van der Waals surface area contributed by atoms with E-state index in [0.29, 0.717) is 11.8 Å². The molecule has 1 aliphatic carbocycles. The number of rotatable bonds is 25. The predicted molar refractivity (Wildman–Crippen MR) is 161 cm³/mol. The summed E-state index contributed by atoms with van der Waals surface area (Å²) in [5.41, 5.74) is 0. The van der Waals surface area contributed by atoms with Gasteiger partial charge in [-0.25, -0.2) is 0 Å². The third-order valence-electron chi connectivity index (χ3n) is 8.08. The van der Waals surface area contributed by atoms with Gasteiger partial charge in [0.05, 0.1) is 6.61 Å². The number of carbonyl (C=O) groups excluding carboxylic acids is 1. The van der Waals surface area contributed by atoms with Gasteiger partial charge in [-0.1, -0.05) is 115 Å². The molecule has 0 bridgehead atoms. The van der Waals surface area contributed by atoms with Gasteiger partial charge in [-0.3, -0.25) is 4.79 Å². The van der Waals surface area contributed by atoms with Gasteiger partial charge in [-0.15, -0.1) is 0 Å². The number of hydrogen-bond donors (Lipinski definition) is 0. The molecule has 4 nitrogen and oxygen atoms in total. The molecular formula is C33H64N2O2. The highest BCUT2D eigenvalue weighted by atomic mass is 16.5. The first-order valence-electron chi connectivity index (χ1n) is 16.2. The van der Waals surface area contributed by atoms with E-state index in [1.807, 2.05) is 11.9 Å². The fourth-order valence-electron chi connectivity index (χ4n) is 5.51. The van der Waals surface area contributed by atoms with E-state index in [2.05, 4.69) is 38.1 Å². The zero-order valence-corrected chi connectivity index (χ0v) is 25.5. The van der Waals surface area contributed by atoms with E-state index >= 15 is 0 Å². The van der Waals surface area contributed by atoms with Crippen LogP contribution in [-0.2, 0) is 9.53 Å². The van der Waals surface area contributed by atoms with Gasteiger partial charge in [-0.05, 0) is 58.7 Å². The Hall–Kier alpha value is -0.870. The SMILES string of the molecule is CCCCCCCCCCCCCCCCCCN(C)C(=O)C1CC=CCC1COCCCCN(C)C. The molecule has 0 saturated carbocycles. The van der Waals surface area contributed by atoms with Crippen molar-refractivity contribution in [2.75, 3.05) is 47.4 Å². The molecule has 0 saturated heterocycles. The molecular weight excluding hydrogens is 456 g/mol. The molecule has 1 amide bonds. The smallest absolute Gasteiger partial charge is 0.226 e. The van der Waals surface area contributed by atoms with Crippen LogP contribution in [0.1, 0.15) is 135 Å². The van der Waals surface area contributed by atoms with Crippen molar-refractivity contribution in [3.05, 3.63) is 12.2 Å². The van der Waals surface area contributed by atoms with Gasteiger partial charge < -0.3 is 14.5 Å². The van der Waals surface area contributed by atoms with Crippen LogP contribution in [0.15, 0.2) is 12.2 Å². The van der Waals surface area contributed by atoms with Gasteiger partial charge in [-0.2, -0.15) is 0 Å². The largest absolute Gasteiger partial charge is 0.381 e. The van der Waals surface area contributed by atoms with E-state index in [0.717, 1.165) is 52.0 Å². The molecule has 4 heteroatoms. The Bertz CT molecular complexity index is 548. The summed E-state index contributed by atoms with van der Waals surface area (Å²) < 4.78 is 5.99. The highest BCUT2D eigenvalue weighted by Gasteiger charge is 2.30. The summed E-state index contributed by atoms with van der Waals surface area (Å²) in [7, 11) is 6.23. The third kappa shape index (κ3) is 18.9. The highest BCUT2D eigenvalue weighted by Crippen LogP contribution is 2.28. The van der Waals surface area contributed by atoms with Crippen LogP contribution in [0.25, 0.3) is 0 Å². The summed E-state index contributed by atoms with van der Waals surface area (Å²) in [5.74, 6) is 0.754. The first kappa shape index (κ1) is 34.2. The first-order chi connectivity index (χ1) is 18.1. The third-order valence-corrected chi connectivity index (χ3v) is 8.08. The Morgan fingerprint density at radius 2 is 1.16 bits per heavy atom. The lowest BCUT2D eigenvalue weighted by atomic mass is 9.82. The molecule has 1 rings (SSSR count). The molecule has 1 aliphatic rings. The number of ether oxygens (including phenoxy) is 1. The lowest BCUT2D eigenvalue weighted by Crippen LogP contribution is -2.39. The lowest BCUT2D eigenvalue weighted by Gasteiger charge is -2.31. The quantitative estimate of drug-likeness (QED) is 0.0892. The van der Waals surface area contributed by atoms with Crippen LogP contribution in [0, 0.1) is 11.8 Å². The molecule has 0 aromatic carbocycles. The van der Waals surface area contributed by atoms with Crippen LogP contribution in [0.5, 0.6) is 0 Å². The van der Waals surface area contributed by atoms with Crippen molar-refractivity contribution < 1.29 is 9.53 Å². The van der Waals surface area contributed by atoms with Crippen molar-refractivity contribution in [3.63, 3.8) is 0 Å². The number of unbranched alkanes of at least 4 members (excludes halogenated alkanes) is 16. The van der Waals surface area contributed by atoms with Crippen molar-refractivity contribution in [2.24, 2.45) is 11.8 Å². The van der Waals surface area contributed by atoms with Gasteiger partial charge in [0.15, 0.2) is 0 Å². The summed E-state index contributed by atoms with van der Waals surface area (Å²) in [6, 6.07) is 0. The maximum absolute atomic E-state index is 13.1. The zero-order valence-electron chi connectivity index (χ0n) is 25.5. The summed E-state index contributed by atoms with van der Waals surface area (Å²) in [4.78, 5) is 17.4. The lowest BCUT2D eigenvalue weighted by molar-refractivity contribution is -0.137. The average molecular weight is 521 g/mol. The van der Waals surface area contributed by atoms with Crippen molar-refractivity contribution in [1.82, 2.24) is 9.80 Å². The van der Waals surface area contributed by atoms with Crippen LogP contribution in [0.4, 0.5) is 0 Å². The van der Waals surface area contributed by atoms with Crippen LogP contribution < -0.4 is 0 Å². The van der Waals surface area contributed by atoms with E-state index < -0.39 is 0 Å². The zero-order chi connectivity index (χ0) is 27.0. The number of allylic oxidation sites excluding steroid dienone is 2. The van der Waals surface area contributed by atoms with Crippen LogP contribution in [0.3, 0.4) is 0 Å². The Labute approximate surface area is 232 Å². The van der Waals surface area contributed by atoms with E-state index in [-0.39, 0.29) is 5.92 Å². The van der Waals surface area contributed by atoms with E-state index in [4.69, 9.17) is 4.74 Å². The second-order valence-electron chi connectivity index (χ2n) is 12.0. The normalized spacial score (nSPS) is 17.5. The molecule has 0 spiro atoms. The summed E-state index contributed by atoms with van der Waals surface area (Å²) in [6.07, 6.45) is 30.7. The Morgan fingerprint density at radius 1 is 0.676 bits per heavy atom. The molecule has 0 aromatic rings. The topological polar surface area (TPSA) is 32.8 Å². The van der Waals surface area contributed by atoms with Gasteiger partial charge in [0.1, 0.15) is 0 Å². The van der Waals surface area contributed by atoms with Gasteiger partial charge in [0.25, 0.3) is 0 Å². The summed E-state index contributed by atoms with van der Waals surface area (Å²) in [6.45, 7) is 5.83. The van der Waals surface area contributed by atoms with Crippen molar-refractivity contribution in [3.8, 4) is 0 Å². The first-order valence-corrected chi connectivity index (χ1v) is 16.2. The Kier molecular flexibility index (Phi) is 22.3. The fourth-order valence-corrected chi connectivity index (χ4v) is 5.51. The van der Waals surface area contributed by atoms with Gasteiger partial charge in [0.2, 0.25) is 5.91 Å². The number of carbonyl (C=O) groups is 1. The standard InChI is InChI=1S/C33H64N2O2/c1-5-6-7-8-9-10-11-12-13-14-15-16-17-18-19-22-28-35(4)33(36)32-26-21-20-25-31(32)30-37-29-24-23-27-34(2)3/h20-21,31-32H,5-19,22-30H2,1-4H3. The van der Waals surface area contributed by atoms with Crippen LogP contribution in [-0.4, -0.2) is 63.2 Å². The fraction of sp³-hybridized carbons (Fsp3) is 0.909. The van der Waals surface area contributed by atoms with Crippen molar-refractivity contribution in [2.45, 2.75) is 135 Å². The summed E-state index contributed by atoms with van der Waals surface area (Å²) in [5, 5.41) is 0. The average Bonchev–Trinajstić information content (AvgIpc) is 2.90. The number of amides is 1. The Morgan fingerprint density at radius 3 is 1.70 bits per heavy atom. The predicted octanol–water partition coefficient (Wildman–Crippen LogP) is 8.65. The van der Waals surface area contributed by atoms with E-state index in [9.17, 15) is 4.79 Å². The van der Waals surface area contributed by atoms with Crippen molar-refractivity contribution >= 4 is 5.91 Å². The van der Waals surface area contributed by atoms with Gasteiger partial charge >= 0.3 is 0 Å². The van der Waals surface area contributed by atoms with E-state index in [1.54, 1.807) is 0 Å². The molecule has 37 heavy (non-hydrogen) atoms. The molecule has 0 aliphatic heterocycles. The molecule has 0 N–H and O–H groups in total. The number of nitrogens with zero attached hydrogens (tertiary/aromatic N) is 2. The van der Waals surface area contributed by atoms with Crippen LogP contribution >= 0.6 is 0 Å². The molecule has 218 valence electrons. The molecule has 0 fully saturated rings. The second-order valence-corrected chi connectivity index (χ2v) is 12.0. The number of hydrogen-bond acceptors (Lipinski definition) is 3. The maximum Gasteiger partial charge on any atom is 0.226 e. The Balaban J connectivity index is 2.01. The monoisotopic (exact) mass is 520 g/mol. The molecule has 2 atom stereocenters. The highest BCUT2D eigenvalue weighted by molar-refractivity contribution is 5.79. The molecule has 0 aromatic heterocycles. The minimum atomic E-state index is 0.0952. The minimum absolute atomic E-state index is 0.0952. The maximum atomic E-state index is 13.1. The summed E-state index contributed by atoms with van der Waals surface area (Å²) >= 11 is 0. The van der Waals surface area contributed by atoms with E-state index in [1.165, 1.54) is 103 Å². The molecule has 0 radical (unpaired) electrons. The van der Waals surface area contributed by atoms with Crippen molar-refractivity contribution in [1.29, 1.82) is 0 Å². The molecule has 2 unspecified atom stereocenters. The minimum Gasteiger partial charge on any atom is -0.381 e.